The monoisotopic (exact) mass is 428 g/mol. The number of carbonyl (C=O) groups excluding carboxylic acids is 1. The van der Waals surface area contributed by atoms with Gasteiger partial charge in [-0.1, -0.05) is 12.1 Å². The smallest absolute Gasteiger partial charge is 0.351 e. The first-order valence-corrected chi connectivity index (χ1v) is 8.49. The Bertz CT molecular complexity index is 912. The Labute approximate surface area is 170 Å². The van der Waals surface area contributed by atoms with Gasteiger partial charge in [0.1, 0.15) is 12.2 Å². The molecule has 154 valence electrons. The lowest BCUT2D eigenvalue weighted by Crippen LogP contribution is -2.40. The topological polar surface area (TPSA) is 77.8 Å². The molecule has 0 unspecified atom stereocenters. The number of benzene rings is 1. The molecule has 1 aromatic carbocycles. The van der Waals surface area contributed by atoms with Gasteiger partial charge < -0.3 is 10.6 Å². The van der Waals surface area contributed by atoms with Crippen LogP contribution in [0, 0.1) is 11.3 Å². The number of hydrogen-bond donors (Lipinski definition) is 2. The highest BCUT2D eigenvalue weighted by Gasteiger charge is 2.30. The van der Waals surface area contributed by atoms with Crippen LogP contribution in [0.2, 0.25) is 0 Å². The quantitative estimate of drug-likeness (QED) is 0.732. The molecular weight excluding hydrogens is 412 g/mol. The predicted molar refractivity (Wildman–Crippen MR) is 99.8 cm³/mol. The molecule has 2 atom stereocenters. The first-order chi connectivity index (χ1) is 13.3. The molecule has 1 amide bonds. The van der Waals surface area contributed by atoms with Crippen LogP contribution >= 0.6 is 12.4 Å². The first-order valence-electron chi connectivity index (χ1n) is 8.49. The van der Waals surface area contributed by atoms with Crippen molar-refractivity contribution in [3.63, 3.8) is 0 Å². The Morgan fingerprint density at radius 1 is 1.31 bits per heavy atom. The number of amides is 1. The number of pyridine rings is 1. The molecule has 0 saturated carbocycles. The van der Waals surface area contributed by atoms with Crippen molar-refractivity contribution in [1.29, 1.82) is 5.26 Å². The van der Waals surface area contributed by atoms with Crippen molar-refractivity contribution in [2.24, 2.45) is 0 Å². The SMILES string of the molecule is Cl.N#Cc1cnc(-c2ccc(C(F)(F)F)cc2)cc1CNC(=O)[C@@H]1C[C@@H](F)CN1. The van der Waals surface area contributed by atoms with E-state index in [1.165, 1.54) is 18.3 Å². The van der Waals surface area contributed by atoms with Crippen LogP contribution < -0.4 is 10.6 Å². The molecule has 0 aliphatic carbocycles. The lowest BCUT2D eigenvalue weighted by molar-refractivity contribution is -0.137. The number of alkyl halides is 4. The summed E-state index contributed by atoms with van der Waals surface area (Å²) in [5.41, 5.74) is 0.754. The highest BCUT2D eigenvalue weighted by atomic mass is 35.5. The van der Waals surface area contributed by atoms with Gasteiger partial charge in [-0.2, -0.15) is 18.4 Å². The second-order valence-electron chi connectivity index (χ2n) is 6.43. The summed E-state index contributed by atoms with van der Waals surface area (Å²) in [6.07, 6.45) is -4.11. The van der Waals surface area contributed by atoms with E-state index in [1.807, 2.05) is 6.07 Å². The van der Waals surface area contributed by atoms with E-state index in [0.717, 1.165) is 12.1 Å². The number of carbonyl (C=O) groups is 1. The number of rotatable bonds is 4. The zero-order chi connectivity index (χ0) is 20.3. The molecule has 2 N–H and O–H groups in total. The van der Waals surface area contributed by atoms with Crippen LogP contribution in [0.25, 0.3) is 11.3 Å². The first kappa shape index (κ1) is 22.6. The van der Waals surface area contributed by atoms with Gasteiger partial charge in [0.05, 0.1) is 22.9 Å². The number of nitrogens with one attached hydrogen (secondary N) is 2. The van der Waals surface area contributed by atoms with Crippen LogP contribution in [0.15, 0.2) is 36.5 Å². The van der Waals surface area contributed by atoms with E-state index < -0.39 is 24.0 Å². The van der Waals surface area contributed by atoms with Crippen LogP contribution in [0.3, 0.4) is 0 Å². The maximum atomic E-state index is 13.2. The number of nitriles is 1. The van der Waals surface area contributed by atoms with Crippen molar-refractivity contribution >= 4 is 18.3 Å². The highest BCUT2D eigenvalue weighted by Crippen LogP contribution is 2.30. The van der Waals surface area contributed by atoms with Gasteiger partial charge in [0.25, 0.3) is 0 Å². The van der Waals surface area contributed by atoms with Crippen molar-refractivity contribution in [3.05, 3.63) is 53.2 Å². The van der Waals surface area contributed by atoms with Gasteiger partial charge in [-0.25, -0.2) is 4.39 Å². The molecule has 0 spiro atoms. The summed E-state index contributed by atoms with van der Waals surface area (Å²) in [7, 11) is 0. The summed E-state index contributed by atoms with van der Waals surface area (Å²) in [5.74, 6) is -0.378. The number of halogens is 5. The van der Waals surface area contributed by atoms with E-state index in [-0.39, 0.29) is 43.4 Å². The van der Waals surface area contributed by atoms with Crippen LogP contribution in [-0.2, 0) is 17.5 Å². The molecule has 1 saturated heterocycles. The Morgan fingerprint density at radius 3 is 2.55 bits per heavy atom. The largest absolute Gasteiger partial charge is 0.416 e. The Morgan fingerprint density at radius 2 is 2.00 bits per heavy atom. The summed E-state index contributed by atoms with van der Waals surface area (Å²) in [4.78, 5) is 16.2. The van der Waals surface area contributed by atoms with E-state index in [9.17, 15) is 27.6 Å². The molecule has 3 rings (SSSR count). The Balaban J connectivity index is 0.00000300. The van der Waals surface area contributed by atoms with Gasteiger partial charge in [-0.3, -0.25) is 9.78 Å². The summed E-state index contributed by atoms with van der Waals surface area (Å²) in [6, 6.07) is 7.38. The fraction of sp³-hybridized carbons (Fsp3) is 0.316. The molecule has 5 nitrogen and oxygen atoms in total. The maximum Gasteiger partial charge on any atom is 0.416 e. The fourth-order valence-corrected chi connectivity index (χ4v) is 2.93. The van der Waals surface area contributed by atoms with Gasteiger partial charge >= 0.3 is 6.18 Å². The van der Waals surface area contributed by atoms with Crippen molar-refractivity contribution in [2.75, 3.05) is 6.54 Å². The average molecular weight is 429 g/mol. The number of hydrogen-bond acceptors (Lipinski definition) is 4. The lowest BCUT2D eigenvalue weighted by Gasteiger charge is -2.13. The predicted octanol–water partition coefficient (Wildman–Crippen LogP) is 3.38. The summed E-state index contributed by atoms with van der Waals surface area (Å²) >= 11 is 0. The van der Waals surface area contributed by atoms with Crippen molar-refractivity contribution < 1.29 is 22.4 Å². The van der Waals surface area contributed by atoms with Crippen LogP contribution in [-0.4, -0.2) is 29.6 Å². The lowest BCUT2D eigenvalue weighted by atomic mass is 10.0. The third kappa shape index (κ3) is 5.43. The summed E-state index contributed by atoms with van der Waals surface area (Å²) < 4.78 is 51.3. The normalized spacial score (nSPS) is 18.6. The minimum atomic E-state index is -4.43. The Kier molecular flexibility index (Phi) is 7.16. The molecule has 1 aromatic heterocycles. The molecule has 10 heteroatoms. The van der Waals surface area contributed by atoms with E-state index in [4.69, 9.17) is 0 Å². The van der Waals surface area contributed by atoms with Gasteiger partial charge in [-0.15, -0.1) is 12.4 Å². The van der Waals surface area contributed by atoms with Crippen LogP contribution in [0.4, 0.5) is 17.6 Å². The second-order valence-corrected chi connectivity index (χ2v) is 6.43. The molecule has 2 heterocycles. The van der Waals surface area contributed by atoms with Gasteiger partial charge in [0.2, 0.25) is 5.91 Å². The van der Waals surface area contributed by atoms with Crippen molar-refractivity contribution in [1.82, 2.24) is 15.6 Å². The number of aromatic nitrogens is 1. The van der Waals surface area contributed by atoms with E-state index in [0.29, 0.717) is 16.8 Å². The molecule has 1 fully saturated rings. The summed E-state index contributed by atoms with van der Waals surface area (Å²) in [6.45, 7) is 0.141. The number of nitrogens with zero attached hydrogens (tertiary/aromatic N) is 2. The standard InChI is InChI=1S/C19H16F4N4O.ClH/c20-15-6-17(26-10-15)18(28)27-8-12-5-16(25-9-13(12)7-24)11-1-3-14(4-2-11)19(21,22)23;/h1-5,9,15,17,26H,6,8,10H2,(H,27,28);1H/t15-,17+;/m1./s1. The molecule has 0 radical (unpaired) electrons. The van der Waals surface area contributed by atoms with E-state index in [2.05, 4.69) is 15.6 Å². The molecule has 2 aromatic rings. The second kappa shape index (κ2) is 9.20. The highest BCUT2D eigenvalue weighted by molar-refractivity contribution is 5.85. The molecule has 1 aliphatic heterocycles. The van der Waals surface area contributed by atoms with Crippen LogP contribution in [0.1, 0.15) is 23.1 Å². The Hall–Kier alpha value is -2.70. The van der Waals surface area contributed by atoms with Crippen molar-refractivity contribution in [2.45, 2.75) is 31.4 Å². The van der Waals surface area contributed by atoms with Gasteiger partial charge in [0.15, 0.2) is 0 Å². The molecule has 0 bridgehead atoms. The maximum absolute atomic E-state index is 13.2. The average Bonchev–Trinajstić information content (AvgIpc) is 3.11. The molecule has 29 heavy (non-hydrogen) atoms. The minimum Gasteiger partial charge on any atom is -0.351 e. The zero-order valence-electron chi connectivity index (χ0n) is 15.0. The van der Waals surface area contributed by atoms with Crippen molar-refractivity contribution in [3.8, 4) is 17.3 Å². The van der Waals surface area contributed by atoms with Gasteiger partial charge in [-0.05, 0) is 23.8 Å². The fourth-order valence-electron chi connectivity index (χ4n) is 2.93. The van der Waals surface area contributed by atoms with E-state index in [1.54, 1.807) is 6.07 Å². The molecule has 1 aliphatic rings. The van der Waals surface area contributed by atoms with Gasteiger partial charge in [0, 0.05) is 31.3 Å². The third-order valence-electron chi connectivity index (χ3n) is 4.46. The third-order valence-corrected chi connectivity index (χ3v) is 4.46. The summed E-state index contributed by atoms with van der Waals surface area (Å²) in [5, 5.41) is 14.6. The van der Waals surface area contributed by atoms with E-state index >= 15 is 0 Å². The van der Waals surface area contributed by atoms with Crippen LogP contribution in [0.5, 0.6) is 0 Å². The zero-order valence-corrected chi connectivity index (χ0v) is 15.8. The minimum absolute atomic E-state index is 0. The molecular formula is C19H17ClF4N4O.